The summed E-state index contributed by atoms with van der Waals surface area (Å²) in [5.74, 6) is 0. The number of hydrogen-bond acceptors (Lipinski definition) is 6. The minimum Gasteiger partial charge on any atom is -0.372 e. The van der Waals surface area contributed by atoms with Gasteiger partial charge < -0.3 is 4.90 Å². The maximum Gasteiger partial charge on any atom is 0.271 e. The van der Waals surface area contributed by atoms with Crippen LogP contribution in [0.15, 0.2) is 88.2 Å². The molecule has 8 heteroatoms. The first kappa shape index (κ1) is 25.0. The zero-order valence-corrected chi connectivity index (χ0v) is 22.6. The Morgan fingerprint density at radius 2 is 1.82 bits per heavy atom. The van der Waals surface area contributed by atoms with E-state index in [1.807, 2.05) is 36.4 Å². The lowest BCUT2D eigenvalue weighted by molar-refractivity contribution is -0.384. The van der Waals surface area contributed by atoms with E-state index in [4.69, 9.17) is 4.99 Å². The van der Waals surface area contributed by atoms with Gasteiger partial charge in [-0.15, -0.1) is 0 Å². The molecule has 0 unspecified atom stereocenters. The van der Waals surface area contributed by atoms with E-state index < -0.39 is 6.04 Å². The topological polar surface area (TPSA) is 80.7 Å². The molecular weight excluding hydrogens is 508 g/mol. The molecule has 0 amide bonds. The Bertz CT molecular complexity index is 1800. The lowest BCUT2D eigenvalue weighted by Crippen LogP contribution is -2.38. The van der Waals surface area contributed by atoms with Crippen molar-refractivity contribution in [3.63, 3.8) is 0 Å². The van der Waals surface area contributed by atoms with Crippen molar-refractivity contribution in [2.75, 3.05) is 18.0 Å². The number of hydrogen-bond donors (Lipinski definition) is 0. The number of benzene rings is 3. The molecule has 0 radical (unpaired) electrons. The van der Waals surface area contributed by atoms with E-state index in [-0.39, 0.29) is 16.2 Å². The van der Waals surface area contributed by atoms with E-state index in [1.54, 1.807) is 16.7 Å². The van der Waals surface area contributed by atoms with E-state index >= 15 is 0 Å². The third-order valence-corrected chi connectivity index (χ3v) is 8.57. The van der Waals surface area contributed by atoms with Crippen molar-refractivity contribution < 1.29 is 4.92 Å². The van der Waals surface area contributed by atoms with Gasteiger partial charge in [-0.25, -0.2) is 4.99 Å². The molecule has 0 saturated carbocycles. The maximum atomic E-state index is 13.9. The van der Waals surface area contributed by atoms with Gasteiger partial charge in [0.2, 0.25) is 0 Å². The number of thiazole rings is 1. The molecule has 2 aliphatic rings. The van der Waals surface area contributed by atoms with Gasteiger partial charge in [0.15, 0.2) is 4.80 Å². The Balaban J connectivity index is 1.54. The van der Waals surface area contributed by atoms with Crippen LogP contribution in [0, 0.1) is 10.1 Å². The highest BCUT2D eigenvalue weighted by molar-refractivity contribution is 7.07. The Hall–Kier alpha value is -4.30. The van der Waals surface area contributed by atoms with Gasteiger partial charge in [-0.3, -0.25) is 19.5 Å². The van der Waals surface area contributed by atoms with Gasteiger partial charge in [0.1, 0.15) is 0 Å². The summed E-state index contributed by atoms with van der Waals surface area (Å²) in [5.41, 5.74) is 6.90. The number of aromatic nitrogens is 1. The summed E-state index contributed by atoms with van der Waals surface area (Å²) in [6.45, 7) is 6.13. The van der Waals surface area contributed by atoms with Crippen LogP contribution >= 0.6 is 11.3 Å². The van der Waals surface area contributed by atoms with E-state index in [0.29, 0.717) is 9.33 Å². The highest BCUT2D eigenvalue weighted by atomic mass is 32.1. The van der Waals surface area contributed by atoms with E-state index in [0.717, 1.165) is 59.6 Å². The van der Waals surface area contributed by atoms with Gasteiger partial charge in [0, 0.05) is 36.5 Å². The van der Waals surface area contributed by atoms with Crippen molar-refractivity contribution >= 4 is 34.5 Å². The SMILES string of the molecule is CCN(CC)c1ccc(/C=c2/sc3n(c2=O)[C@H](c2cccc([N+](=O)[O-])c2)C2=C(N=3)c3ccccc3CC2)cc1. The third-order valence-electron chi connectivity index (χ3n) is 7.59. The van der Waals surface area contributed by atoms with Crippen molar-refractivity contribution in [3.8, 4) is 0 Å². The lowest BCUT2D eigenvalue weighted by Gasteiger charge is -2.30. The number of nitro benzene ring substituents is 1. The summed E-state index contributed by atoms with van der Waals surface area (Å²) in [5, 5.41) is 11.6. The molecule has 7 nitrogen and oxygen atoms in total. The number of non-ortho nitro benzene ring substituents is 1. The quantitative estimate of drug-likeness (QED) is 0.254. The number of allylic oxidation sites excluding steroid dienone is 1. The van der Waals surface area contributed by atoms with Gasteiger partial charge in [-0.2, -0.15) is 0 Å². The molecular formula is C31H28N4O3S. The highest BCUT2D eigenvalue weighted by Gasteiger charge is 2.33. The molecule has 0 spiro atoms. The molecule has 3 aromatic carbocycles. The first-order valence-electron chi connectivity index (χ1n) is 13.2. The predicted molar refractivity (Wildman–Crippen MR) is 156 cm³/mol. The number of nitrogens with zero attached hydrogens (tertiary/aromatic N) is 4. The van der Waals surface area contributed by atoms with Crippen molar-refractivity contribution in [1.82, 2.24) is 4.57 Å². The average Bonchev–Trinajstić information content (AvgIpc) is 3.27. The number of aryl methyl sites for hydroxylation is 1. The minimum atomic E-state index is -0.448. The van der Waals surface area contributed by atoms with Gasteiger partial charge >= 0.3 is 0 Å². The fraction of sp³-hybridized carbons (Fsp3) is 0.226. The van der Waals surface area contributed by atoms with Crippen LogP contribution in [-0.4, -0.2) is 22.6 Å². The first-order valence-corrected chi connectivity index (χ1v) is 14.0. The molecule has 0 saturated heterocycles. The molecule has 6 rings (SSSR count). The molecule has 39 heavy (non-hydrogen) atoms. The summed E-state index contributed by atoms with van der Waals surface area (Å²) in [7, 11) is 0. The Morgan fingerprint density at radius 3 is 2.56 bits per heavy atom. The molecule has 1 aliphatic heterocycles. The van der Waals surface area contributed by atoms with Crippen molar-refractivity contribution in [3.05, 3.63) is 130 Å². The van der Waals surface area contributed by atoms with Gasteiger partial charge in [0.25, 0.3) is 11.2 Å². The zero-order valence-electron chi connectivity index (χ0n) is 21.8. The molecule has 2 heterocycles. The van der Waals surface area contributed by atoms with Crippen LogP contribution in [0.1, 0.15) is 48.6 Å². The van der Waals surface area contributed by atoms with Gasteiger partial charge in [-0.05, 0) is 67.2 Å². The normalized spacial score (nSPS) is 16.3. The smallest absolute Gasteiger partial charge is 0.271 e. The largest absolute Gasteiger partial charge is 0.372 e. The average molecular weight is 537 g/mol. The van der Waals surface area contributed by atoms with Gasteiger partial charge in [0.05, 0.1) is 21.2 Å². The van der Waals surface area contributed by atoms with Crippen LogP contribution in [0.3, 0.4) is 0 Å². The molecule has 0 N–H and O–H groups in total. The maximum absolute atomic E-state index is 13.9. The number of rotatable bonds is 6. The summed E-state index contributed by atoms with van der Waals surface area (Å²) < 4.78 is 2.32. The summed E-state index contributed by atoms with van der Waals surface area (Å²) in [6, 6.07) is 22.6. The van der Waals surface area contributed by atoms with Crippen LogP contribution in [0.2, 0.25) is 0 Å². The number of nitro groups is 1. The molecule has 196 valence electrons. The number of fused-ring (bicyclic) bond motifs is 3. The predicted octanol–water partition coefficient (Wildman–Crippen LogP) is 5.07. The van der Waals surface area contributed by atoms with Crippen molar-refractivity contribution in [1.29, 1.82) is 0 Å². The molecule has 0 bridgehead atoms. The zero-order chi connectivity index (χ0) is 27.1. The third kappa shape index (κ3) is 4.40. The van der Waals surface area contributed by atoms with E-state index in [1.165, 1.54) is 23.0 Å². The highest BCUT2D eigenvalue weighted by Crippen LogP contribution is 2.41. The molecule has 1 atom stereocenters. The van der Waals surface area contributed by atoms with Crippen LogP contribution in [0.25, 0.3) is 11.8 Å². The summed E-state index contributed by atoms with van der Waals surface area (Å²) in [6.07, 6.45) is 3.48. The Labute approximate surface area is 229 Å². The second-order valence-electron chi connectivity index (χ2n) is 9.73. The molecule has 1 aliphatic carbocycles. The van der Waals surface area contributed by atoms with Crippen LogP contribution in [0.5, 0.6) is 0 Å². The fourth-order valence-electron chi connectivity index (χ4n) is 5.65. The standard InChI is InChI=1S/C31H28N4O3S/c1-3-33(4-2)23-15-12-20(13-16-23)18-27-30(36)34-29(22-9-7-10-24(19-22)35(37)38)26-17-14-21-8-5-6-11-25(21)28(26)32-31(34)39-27/h5-13,15-16,18-19,29H,3-4,14,17H2,1-2H3/b27-18+/t29-/m1/s1. The Morgan fingerprint density at radius 1 is 1.05 bits per heavy atom. The number of anilines is 1. The van der Waals surface area contributed by atoms with E-state index in [9.17, 15) is 14.9 Å². The van der Waals surface area contributed by atoms with E-state index in [2.05, 4.69) is 43.0 Å². The lowest BCUT2D eigenvalue weighted by atomic mass is 9.83. The fourth-order valence-corrected chi connectivity index (χ4v) is 6.65. The molecule has 0 fully saturated rings. The van der Waals surface area contributed by atoms with Crippen LogP contribution in [0.4, 0.5) is 11.4 Å². The van der Waals surface area contributed by atoms with Crippen molar-refractivity contribution in [2.24, 2.45) is 4.99 Å². The minimum absolute atomic E-state index is 0.0123. The van der Waals surface area contributed by atoms with Gasteiger partial charge in [-0.1, -0.05) is 59.9 Å². The second kappa shape index (κ2) is 10.1. The van der Waals surface area contributed by atoms with Crippen LogP contribution < -0.4 is 19.8 Å². The molecule has 4 aromatic rings. The second-order valence-corrected chi connectivity index (χ2v) is 10.7. The van der Waals surface area contributed by atoms with Crippen LogP contribution in [-0.2, 0) is 6.42 Å². The summed E-state index contributed by atoms with van der Waals surface area (Å²) >= 11 is 1.37. The first-order chi connectivity index (χ1) is 19.0. The molecule has 1 aromatic heterocycles. The summed E-state index contributed by atoms with van der Waals surface area (Å²) in [4.78, 5) is 33.1. The monoisotopic (exact) mass is 536 g/mol. The Kier molecular flexibility index (Phi) is 6.48. The van der Waals surface area contributed by atoms with Crippen molar-refractivity contribution in [2.45, 2.75) is 32.7 Å².